The highest BCUT2D eigenvalue weighted by Gasteiger charge is 2.31. The summed E-state index contributed by atoms with van der Waals surface area (Å²) in [4.78, 5) is 21.8. The van der Waals surface area contributed by atoms with Crippen molar-refractivity contribution in [1.29, 1.82) is 0 Å². The number of hydrogen-bond donors (Lipinski definition) is 1. The minimum Gasteiger partial charge on any atom is -0.354 e. The first-order chi connectivity index (χ1) is 15.9. The molecule has 1 N–H and O–H groups in total. The largest absolute Gasteiger partial charge is 0.354 e. The van der Waals surface area contributed by atoms with Gasteiger partial charge in [0.05, 0.1) is 5.75 Å². The molecule has 2 fully saturated rings. The lowest BCUT2D eigenvalue weighted by Gasteiger charge is -2.33. The van der Waals surface area contributed by atoms with Crippen LogP contribution in [0.25, 0.3) is 0 Å². The molecule has 2 aromatic rings. The van der Waals surface area contributed by atoms with Gasteiger partial charge in [0.25, 0.3) is 0 Å². The molecule has 1 aromatic carbocycles. The molecule has 0 aliphatic carbocycles. The highest BCUT2D eigenvalue weighted by Crippen LogP contribution is 2.22. The lowest BCUT2D eigenvalue weighted by atomic mass is 9.97. The Morgan fingerprint density at radius 3 is 2.39 bits per heavy atom. The van der Waals surface area contributed by atoms with Gasteiger partial charge in [-0.1, -0.05) is 30.3 Å². The number of benzene rings is 1. The number of carbonyl (C=O) groups is 1. The number of hydrogen-bond acceptors (Lipinski definition) is 6. The van der Waals surface area contributed by atoms with Crippen molar-refractivity contribution in [3.8, 4) is 0 Å². The number of nitrogens with zero attached hydrogens (tertiary/aromatic N) is 4. The average Bonchev–Trinajstić information content (AvgIpc) is 2.83. The zero-order valence-electron chi connectivity index (χ0n) is 19.2. The third kappa shape index (κ3) is 6.31. The fraction of sp³-hybridized carbons (Fsp3) is 0.500. The van der Waals surface area contributed by atoms with Gasteiger partial charge in [-0.3, -0.25) is 4.79 Å². The third-order valence-electron chi connectivity index (χ3n) is 6.51. The van der Waals surface area contributed by atoms with Crippen molar-refractivity contribution in [1.82, 2.24) is 19.5 Å². The lowest BCUT2D eigenvalue weighted by Crippen LogP contribution is -2.44. The predicted octanol–water partition coefficient (Wildman–Crippen LogP) is 1.69. The van der Waals surface area contributed by atoms with Crippen LogP contribution in [0, 0.1) is 5.92 Å². The Kier molecular flexibility index (Phi) is 7.62. The Balaban J connectivity index is 1.25. The number of anilines is 1. The van der Waals surface area contributed by atoms with Crippen LogP contribution in [0.5, 0.6) is 0 Å². The normalized spacial score (nSPS) is 18.9. The highest BCUT2D eigenvalue weighted by atomic mass is 32.2. The molecule has 0 spiro atoms. The summed E-state index contributed by atoms with van der Waals surface area (Å²) in [5.74, 6) is 0.787. The molecule has 4 rings (SSSR count). The molecule has 8 nitrogen and oxygen atoms in total. The maximum absolute atomic E-state index is 12.7. The molecule has 0 bridgehead atoms. The van der Waals surface area contributed by atoms with Gasteiger partial charge in [-0.15, -0.1) is 0 Å². The smallest absolute Gasteiger partial charge is 0.223 e. The van der Waals surface area contributed by atoms with E-state index in [2.05, 4.69) is 27.1 Å². The topological polar surface area (TPSA) is 85.9 Å². The molecule has 0 radical (unpaired) electrons. The van der Waals surface area contributed by atoms with Crippen molar-refractivity contribution in [3.63, 3.8) is 0 Å². The fourth-order valence-electron chi connectivity index (χ4n) is 4.38. The maximum Gasteiger partial charge on any atom is 0.223 e. The van der Waals surface area contributed by atoms with Crippen LogP contribution >= 0.6 is 0 Å². The zero-order chi connectivity index (χ0) is 23.3. The monoisotopic (exact) mass is 471 g/mol. The van der Waals surface area contributed by atoms with E-state index in [1.165, 1.54) is 4.31 Å². The summed E-state index contributed by atoms with van der Waals surface area (Å²) >= 11 is 0. The first kappa shape index (κ1) is 23.7. The molecule has 2 saturated heterocycles. The molecular weight excluding hydrogens is 438 g/mol. The molecule has 0 saturated carbocycles. The van der Waals surface area contributed by atoms with E-state index in [4.69, 9.17) is 0 Å². The van der Waals surface area contributed by atoms with Gasteiger partial charge >= 0.3 is 0 Å². The van der Waals surface area contributed by atoms with Crippen LogP contribution in [0.1, 0.15) is 24.0 Å². The highest BCUT2D eigenvalue weighted by molar-refractivity contribution is 7.88. The van der Waals surface area contributed by atoms with E-state index in [0.29, 0.717) is 32.5 Å². The van der Waals surface area contributed by atoms with Crippen LogP contribution < -0.4 is 10.2 Å². The van der Waals surface area contributed by atoms with Crippen LogP contribution in [0.4, 0.5) is 5.82 Å². The Bertz CT molecular complexity index is 1030. The molecule has 1 aromatic heterocycles. The van der Waals surface area contributed by atoms with Gasteiger partial charge in [0, 0.05) is 57.9 Å². The summed E-state index contributed by atoms with van der Waals surface area (Å²) in [6.07, 6.45) is 2.89. The summed E-state index contributed by atoms with van der Waals surface area (Å²) in [6, 6.07) is 13.2. The van der Waals surface area contributed by atoms with Crippen molar-refractivity contribution in [3.05, 3.63) is 59.8 Å². The van der Waals surface area contributed by atoms with Crippen molar-refractivity contribution >= 4 is 21.7 Å². The first-order valence-electron chi connectivity index (χ1n) is 11.6. The number of carbonyl (C=O) groups excluding carboxylic acids is 1. The number of nitrogens with one attached hydrogen (secondary N) is 1. The van der Waals surface area contributed by atoms with Gasteiger partial charge in [-0.25, -0.2) is 17.7 Å². The average molecular weight is 472 g/mol. The number of rotatable bonds is 7. The van der Waals surface area contributed by atoms with Gasteiger partial charge in [-0.05, 0) is 43.1 Å². The summed E-state index contributed by atoms with van der Waals surface area (Å²) in [5, 5.41) is 3.04. The van der Waals surface area contributed by atoms with E-state index < -0.39 is 10.0 Å². The Hall–Kier alpha value is -2.49. The van der Waals surface area contributed by atoms with Crippen LogP contribution in [0.3, 0.4) is 0 Å². The minimum atomic E-state index is -3.37. The van der Waals surface area contributed by atoms with E-state index in [1.54, 1.807) is 6.20 Å². The molecule has 2 aliphatic heterocycles. The number of piperazine rings is 1. The summed E-state index contributed by atoms with van der Waals surface area (Å²) < 4.78 is 27.0. The van der Waals surface area contributed by atoms with E-state index in [1.807, 2.05) is 42.5 Å². The first-order valence-corrected chi connectivity index (χ1v) is 13.2. The van der Waals surface area contributed by atoms with Crippen molar-refractivity contribution in [2.45, 2.75) is 25.1 Å². The van der Waals surface area contributed by atoms with Crippen LogP contribution in [0.15, 0.2) is 48.7 Å². The number of likely N-dealkylation sites (N-methyl/N-ethyl adjacent to an activating group) is 1. The maximum atomic E-state index is 12.7. The van der Waals surface area contributed by atoms with Gasteiger partial charge in [-0.2, -0.15) is 0 Å². The summed E-state index contributed by atoms with van der Waals surface area (Å²) in [6.45, 7) is 5.15. The third-order valence-corrected chi connectivity index (χ3v) is 8.36. The Labute approximate surface area is 196 Å². The lowest BCUT2D eigenvalue weighted by molar-refractivity contribution is -0.126. The van der Waals surface area contributed by atoms with E-state index in [-0.39, 0.29) is 17.6 Å². The molecule has 0 atom stereocenters. The van der Waals surface area contributed by atoms with E-state index in [0.717, 1.165) is 43.1 Å². The molecule has 1 amide bonds. The van der Waals surface area contributed by atoms with E-state index in [9.17, 15) is 13.2 Å². The van der Waals surface area contributed by atoms with Gasteiger partial charge in [0.1, 0.15) is 5.82 Å². The van der Waals surface area contributed by atoms with Crippen molar-refractivity contribution < 1.29 is 13.2 Å². The van der Waals surface area contributed by atoms with Crippen LogP contribution in [-0.2, 0) is 27.1 Å². The quantitative estimate of drug-likeness (QED) is 0.662. The molecular formula is C24H33N5O3S. The number of pyridine rings is 1. The standard InChI is InChI=1S/C24H33N5O3S/c1-27-13-15-28(16-14-27)23-17-21(7-10-25-23)18-26-24(30)22-8-11-29(12-9-22)33(31,32)19-20-5-3-2-4-6-20/h2-7,10,17,22H,8-9,11-16,18-19H2,1H3,(H,26,30). The Morgan fingerprint density at radius 1 is 1.00 bits per heavy atom. The number of piperidine rings is 1. The predicted molar refractivity (Wildman–Crippen MR) is 129 cm³/mol. The minimum absolute atomic E-state index is 0.00237. The van der Waals surface area contributed by atoms with E-state index >= 15 is 0 Å². The molecule has 2 aliphatic rings. The van der Waals surface area contributed by atoms with Gasteiger partial charge in [0.15, 0.2) is 0 Å². The molecule has 3 heterocycles. The molecule has 0 unspecified atom stereocenters. The molecule has 178 valence electrons. The number of sulfonamides is 1. The van der Waals surface area contributed by atoms with Gasteiger partial charge < -0.3 is 15.1 Å². The van der Waals surface area contributed by atoms with Crippen LogP contribution in [0.2, 0.25) is 0 Å². The second kappa shape index (κ2) is 10.6. The van der Waals surface area contributed by atoms with Gasteiger partial charge in [0.2, 0.25) is 15.9 Å². The zero-order valence-corrected chi connectivity index (χ0v) is 20.0. The fourth-order valence-corrected chi connectivity index (χ4v) is 5.95. The van der Waals surface area contributed by atoms with Crippen LogP contribution in [-0.4, -0.2) is 74.8 Å². The number of aromatic nitrogens is 1. The Morgan fingerprint density at radius 2 is 1.70 bits per heavy atom. The van der Waals surface area contributed by atoms with Crippen molar-refractivity contribution in [2.24, 2.45) is 5.92 Å². The van der Waals surface area contributed by atoms with Crippen molar-refractivity contribution in [2.75, 3.05) is 51.2 Å². The summed E-state index contributed by atoms with van der Waals surface area (Å²) in [7, 11) is -1.25. The molecule has 33 heavy (non-hydrogen) atoms. The number of amides is 1. The SMILES string of the molecule is CN1CCN(c2cc(CNC(=O)C3CCN(S(=O)(=O)Cc4ccccc4)CC3)ccn2)CC1. The molecule has 9 heteroatoms. The summed E-state index contributed by atoms with van der Waals surface area (Å²) in [5.41, 5.74) is 1.81. The second-order valence-electron chi connectivity index (χ2n) is 8.95. The second-order valence-corrected chi connectivity index (χ2v) is 10.9.